The van der Waals surface area contributed by atoms with Crippen molar-refractivity contribution in [3.8, 4) is 0 Å². The number of carbonyl (C=O) groups excluding carboxylic acids is 2. The van der Waals surface area contributed by atoms with Gasteiger partial charge in [0, 0.05) is 11.0 Å². The maximum absolute atomic E-state index is 13.7. The lowest BCUT2D eigenvalue weighted by molar-refractivity contribution is -0.160. The van der Waals surface area contributed by atoms with E-state index in [2.05, 4.69) is 21.2 Å². The maximum atomic E-state index is 13.7. The van der Waals surface area contributed by atoms with E-state index in [9.17, 15) is 9.59 Å². The molecule has 6 heteroatoms. The molecule has 4 nitrogen and oxygen atoms in total. The summed E-state index contributed by atoms with van der Waals surface area (Å²) in [5, 5.41) is 3.45. The summed E-state index contributed by atoms with van der Waals surface area (Å²) in [6, 6.07) is 5.05. The highest BCUT2D eigenvalue weighted by molar-refractivity contribution is 9.10. The van der Waals surface area contributed by atoms with E-state index < -0.39 is 0 Å². The first kappa shape index (κ1) is 18.9. The molecule has 5 aliphatic rings. The van der Waals surface area contributed by atoms with Crippen molar-refractivity contribution in [2.75, 3.05) is 11.9 Å². The molecule has 0 spiro atoms. The smallest absolute Gasteiger partial charge is 0.247 e. The zero-order chi connectivity index (χ0) is 19.5. The molecule has 0 aromatic heterocycles. The molecule has 1 heterocycles. The summed E-state index contributed by atoms with van der Waals surface area (Å²) >= 11 is 9.65. The standard InChI is InChI=1S/C22H26BrClN2O2/c23-16-3-4-18(17(24)9-16)25-20(27)19-2-1-5-26(19)21(28)22-10-13-6-14(11-22)8-15(7-13)12-22/h3-4,9,13-15,19H,1-2,5-8,10-12H2,(H,25,27). The molecule has 4 aliphatic carbocycles. The number of anilines is 1. The molecule has 1 N–H and O–H groups in total. The van der Waals surface area contributed by atoms with Gasteiger partial charge in [-0.05, 0) is 87.3 Å². The van der Waals surface area contributed by atoms with E-state index >= 15 is 0 Å². The Morgan fingerprint density at radius 1 is 1.11 bits per heavy atom. The fourth-order valence-electron chi connectivity index (χ4n) is 6.77. The molecule has 4 saturated carbocycles. The van der Waals surface area contributed by atoms with Crippen LogP contribution in [0.15, 0.2) is 22.7 Å². The van der Waals surface area contributed by atoms with Gasteiger partial charge < -0.3 is 10.2 Å². The molecule has 28 heavy (non-hydrogen) atoms. The van der Waals surface area contributed by atoms with Crippen LogP contribution in [0.5, 0.6) is 0 Å². The predicted molar refractivity (Wildman–Crippen MR) is 113 cm³/mol. The van der Waals surface area contributed by atoms with Crippen LogP contribution >= 0.6 is 27.5 Å². The molecule has 1 aromatic rings. The van der Waals surface area contributed by atoms with Gasteiger partial charge in [-0.1, -0.05) is 27.5 Å². The average molecular weight is 466 g/mol. The van der Waals surface area contributed by atoms with Crippen molar-refractivity contribution in [1.82, 2.24) is 4.90 Å². The number of likely N-dealkylation sites (tertiary alicyclic amines) is 1. The first-order valence-electron chi connectivity index (χ1n) is 10.5. The highest BCUT2D eigenvalue weighted by Crippen LogP contribution is 2.60. The quantitative estimate of drug-likeness (QED) is 0.663. The number of halogens is 2. The molecule has 4 bridgehead atoms. The molecule has 1 aromatic carbocycles. The Bertz CT molecular complexity index is 791. The number of rotatable bonds is 3. The lowest BCUT2D eigenvalue weighted by Gasteiger charge is -2.56. The molecule has 2 amide bonds. The molecule has 1 atom stereocenters. The minimum atomic E-state index is -0.375. The molecule has 1 saturated heterocycles. The largest absolute Gasteiger partial charge is 0.330 e. The van der Waals surface area contributed by atoms with Crippen LogP contribution < -0.4 is 5.32 Å². The molecule has 1 aliphatic heterocycles. The summed E-state index contributed by atoms with van der Waals surface area (Å²) in [6.07, 6.45) is 8.71. The van der Waals surface area contributed by atoms with Gasteiger partial charge in [0.05, 0.1) is 16.1 Å². The monoisotopic (exact) mass is 464 g/mol. The number of nitrogens with one attached hydrogen (secondary N) is 1. The second-order valence-corrected chi connectivity index (χ2v) is 10.8. The Balaban J connectivity index is 1.34. The molecular formula is C22H26BrClN2O2. The summed E-state index contributed by atoms with van der Waals surface area (Å²) in [6.45, 7) is 0.701. The van der Waals surface area contributed by atoms with Crippen molar-refractivity contribution < 1.29 is 9.59 Å². The van der Waals surface area contributed by atoms with E-state index in [1.165, 1.54) is 19.3 Å². The van der Waals surface area contributed by atoms with Crippen molar-refractivity contribution in [3.05, 3.63) is 27.7 Å². The predicted octanol–water partition coefficient (Wildman–Crippen LogP) is 5.25. The highest BCUT2D eigenvalue weighted by Gasteiger charge is 2.56. The number of benzene rings is 1. The van der Waals surface area contributed by atoms with E-state index in [-0.39, 0.29) is 23.3 Å². The lowest BCUT2D eigenvalue weighted by atomic mass is 9.49. The van der Waals surface area contributed by atoms with Gasteiger partial charge in [-0.2, -0.15) is 0 Å². The lowest BCUT2D eigenvalue weighted by Crippen LogP contribution is -2.56. The van der Waals surface area contributed by atoms with Crippen LogP contribution in [-0.2, 0) is 9.59 Å². The van der Waals surface area contributed by atoms with Gasteiger partial charge in [-0.15, -0.1) is 0 Å². The fraction of sp³-hybridized carbons (Fsp3) is 0.636. The van der Waals surface area contributed by atoms with Gasteiger partial charge in [-0.25, -0.2) is 0 Å². The van der Waals surface area contributed by atoms with Crippen LogP contribution in [0.1, 0.15) is 51.4 Å². The average Bonchev–Trinajstić information content (AvgIpc) is 3.12. The fourth-order valence-corrected chi connectivity index (χ4v) is 7.49. The number of hydrogen-bond acceptors (Lipinski definition) is 2. The maximum Gasteiger partial charge on any atom is 0.247 e. The van der Waals surface area contributed by atoms with Crippen molar-refractivity contribution in [2.24, 2.45) is 23.2 Å². The van der Waals surface area contributed by atoms with Crippen LogP contribution in [0.3, 0.4) is 0 Å². The van der Waals surface area contributed by atoms with Crippen LogP contribution in [-0.4, -0.2) is 29.3 Å². The summed E-state index contributed by atoms with van der Waals surface area (Å²) < 4.78 is 0.870. The number of nitrogens with zero attached hydrogens (tertiary/aromatic N) is 1. The molecular weight excluding hydrogens is 440 g/mol. The zero-order valence-electron chi connectivity index (χ0n) is 15.9. The molecule has 5 fully saturated rings. The SMILES string of the molecule is O=C(Nc1ccc(Br)cc1Cl)C1CCCN1C(=O)C12CC3CC(CC(C3)C1)C2. The molecule has 6 rings (SSSR count). The van der Waals surface area contributed by atoms with Gasteiger partial charge in [0.15, 0.2) is 0 Å². The van der Waals surface area contributed by atoms with Crippen molar-refractivity contribution in [1.29, 1.82) is 0 Å². The Morgan fingerprint density at radius 2 is 1.75 bits per heavy atom. The Hall–Kier alpha value is -1.07. The van der Waals surface area contributed by atoms with E-state index in [0.717, 1.165) is 54.3 Å². The van der Waals surface area contributed by atoms with Crippen LogP contribution in [0.2, 0.25) is 5.02 Å². The Kier molecular flexibility index (Phi) is 4.74. The third kappa shape index (κ3) is 3.19. The zero-order valence-corrected chi connectivity index (χ0v) is 18.3. The summed E-state index contributed by atoms with van der Waals surface area (Å²) in [5.74, 6) is 2.33. The van der Waals surface area contributed by atoms with Crippen molar-refractivity contribution in [3.63, 3.8) is 0 Å². The third-order valence-electron chi connectivity index (χ3n) is 7.50. The summed E-state index contributed by atoms with van der Waals surface area (Å²) in [7, 11) is 0. The van der Waals surface area contributed by atoms with Gasteiger partial charge in [-0.3, -0.25) is 9.59 Å². The summed E-state index contributed by atoms with van der Waals surface area (Å²) in [5.41, 5.74) is 0.413. The number of hydrogen-bond donors (Lipinski definition) is 1. The van der Waals surface area contributed by atoms with Crippen molar-refractivity contribution >= 4 is 45.0 Å². The van der Waals surface area contributed by atoms with Crippen LogP contribution in [0, 0.1) is 23.2 Å². The minimum Gasteiger partial charge on any atom is -0.330 e. The van der Waals surface area contributed by atoms with Crippen molar-refractivity contribution in [2.45, 2.75) is 57.4 Å². The second-order valence-electron chi connectivity index (χ2n) is 9.47. The molecule has 150 valence electrons. The number of amides is 2. The molecule has 0 radical (unpaired) electrons. The van der Waals surface area contributed by atoms with Crippen LogP contribution in [0.25, 0.3) is 0 Å². The van der Waals surface area contributed by atoms with E-state index in [4.69, 9.17) is 11.6 Å². The van der Waals surface area contributed by atoms with Gasteiger partial charge in [0.1, 0.15) is 6.04 Å². The normalized spacial score (nSPS) is 36.0. The first-order chi connectivity index (χ1) is 13.4. The third-order valence-corrected chi connectivity index (χ3v) is 8.30. The minimum absolute atomic E-state index is 0.111. The van der Waals surface area contributed by atoms with E-state index in [1.807, 2.05) is 11.0 Å². The van der Waals surface area contributed by atoms with Gasteiger partial charge >= 0.3 is 0 Å². The summed E-state index contributed by atoms with van der Waals surface area (Å²) in [4.78, 5) is 28.6. The van der Waals surface area contributed by atoms with E-state index in [1.54, 1.807) is 12.1 Å². The second kappa shape index (κ2) is 7.02. The number of carbonyl (C=O) groups is 2. The Labute approximate surface area is 179 Å². The van der Waals surface area contributed by atoms with Gasteiger partial charge in [0.2, 0.25) is 11.8 Å². The Morgan fingerprint density at radius 3 is 2.36 bits per heavy atom. The first-order valence-corrected chi connectivity index (χ1v) is 11.7. The highest BCUT2D eigenvalue weighted by atomic mass is 79.9. The molecule has 1 unspecified atom stereocenters. The van der Waals surface area contributed by atoms with Gasteiger partial charge in [0.25, 0.3) is 0 Å². The topological polar surface area (TPSA) is 49.4 Å². The van der Waals surface area contributed by atoms with E-state index in [0.29, 0.717) is 17.3 Å². The van der Waals surface area contributed by atoms with Crippen LogP contribution in [0.4, 0.5) is 5.69 Å².